The van der Waals surface area contributed by atoms with E-state index in [1.165, 1.54) is 16.5 Å². The van der Waals surface area contributed by atoms with Gasteiger partial charge < -0.3 is 10.2 Å². The molecule has 2 aromatic rings. The normalized spacial score (nSPS) is 14.6. The molecule has 0 bridgehead atoms. The molecule has 0 atom stereocenters. The van der Waals surface area contributed by atoms with Gasteiger partial charge in [0, 0.05) is 35.4 Å². The Kier molecular flexibility index (Phi) is 3.71. The minimum absolute atomic E-state index is 0.0908. The number of benzene rings is 1. The number of nitrogens with one attached hydrogen (secondary N) is 1. The summed E-state index contributed by atoms with van der Waals surface area (Å²) in [6, 6.07) is 5.01. The SMILES string of the molecule is CC(C)(C)NCc1cnc(N2CCc3ccc(F)cc32)s1. The van der Waals surface area contributed by atoms with E-state index >= 15 is 0 Å². The molecule has 0 radical (unpaired) electrons. The first-order chi connectivity index (χ1) is 9.92. The average Bonchev–Trinajstić information content (AvgIpc) is 3.00. The summed E-state index contributed by atoms with van der Waals surface area (Å²) in [4.78, 5) is 7.82. The number of aromatic nitrogens is 1. The van der Waals surface area contributed by atoms with Crippen molar-refractivity contribution in [2.45, 2.75) is 39.3 Å². The zero-order valence-corrected chi connectivity index (χ0v) is 13.4. The summed E-state index contributed by atoms with van der Waals surface area (Å²) in [7, 11) is 0. The smallest absolute Gasteiger partial charge is 0.190 e. The summed E-state index contributed by atoms with van der Waals surface area (Å²) in [5, 5.41) is 4.41. The number of halogens is 1. The summed E-state index contributed by atoms with van der Waals surface area (Å²) in [6.07, 6.45) is 2.86. The summed E-state index contributed by atoms with van der Waals surface area (Å²) in [6.45, 7) is 8.13. The molecule has 0 fully saturated rings. The standard InChI is InChI=1S/C16H20FN3S/c1-16(2,3)19-10-13-9-18-15(21-13)20-7-6-11-4-5-12(17)8-14(11)20/h4-5,8-9,19H,6-7,10H2,1-3H3. The number of anilines is 2. The zero-order chi connectivity index (χ0) is 15.0. The molecule has 0 saturated carbocycles. The van der Waals surface area contributed by atoms with Gasteiger partial charge in [-0.05, 0) is 44.9 Å². The second kappa shape index (κ2) is 5.39. The first-order valence-corrected chi connectivity index (χ1v) is 8.00. The molecule has 0 spiro atoms. The fourth-order valence-electron chi connectivity index (χ4n) is 2.41. The molecule has 21 heavy (non-hydrogen) atoms. The lowest BCUT2D eigenvalue weighted by Gasteiger charge is -2.19. The first-order valence-electron chi connectivity index (χ1n) is 7.18. The Labute approximate surface area is 128 Å². The number of rotatable bonds is 3. The number of nitrogens with zero attached hydrogens (tertiary/aromatic N) is 2. The van der Waals surface area contributed by atoms with E-state index in [2.05, 4.69) is 36.0 Å². The second-order valence-electron chi connectivity index (χ2n) is 6.39. The van der Waals surface area contributed by atoms with Gasteiger partial charge in [0.15, 0.2) is 5.13 Å². The maximum absolute atomic E-state index is 13.5. The van der Waals surface area contributed by atoms with Gasteiger partial charge in [0.2, 0.25) is 0 Å². The van der Waals surface area contributed by atoms with E-state index in [1.807, 2.05) is 12.3 Å². The molecule has 1 N–H and O–H groups in total. The van der Waals surface area contributed by atoms with E-state index in [1.54, 1.807) is 17.4 Å². The van der Waals surface area contributed by atoms with E-state index in [0.29, 0.717) is 0 Å². The van der Waals surface area contributed by atoms with Crippen molar-refractivity contribution in [3.05, 3.63) is 40.7 Å². The highest BCUT2D eigenvalue weighted by Crippen LogP contribution is 2.37. The molecular weight excluding hydrogens is 285 g/mol. The van der Waals surface area contributed by atoms with Gasteiger partial charge in [-0.3, -0.25) is 0 Å². The summed E-state index contributed by atoms with van der Waals surface area (Å²) in [5.74, 6) is -0.188. The van der Waals surface area contributed by atoms with Crippen LogP contribution >= 0.6 is 11.3 Å². The fraction of sp³-hybridized carbons (Fsp3) is 0.438. The van der Waals surface area contributed by atoms with E-state index in [-0.39, 0.29) is 11.4 Å². The maximum atomic E-state index is 13.5. The monoisotopic (exact) mass is 305 g/mol. The van der Waals surface area contributed by atoms with Gasteiger partial charge in [-0.1, -0.05) is 6.07 Å². The predicted molar refractivity (Wildman–Crippen MR) is 85.8 cm³/mol. The molecular formula is C16H20FN3S. The van der Waals surface area contributed by atoms with E-state index in [9.17, 15) is 4.39 Å². The molecule has 0 aliphatic carbocycles. The van der Waals surface area contributed by atoms with Crippen LogP contribution in [0.5, 0.6) is 0 Å². The molecule has 1 aliphatic rings. The largest absolute Gasteiger partial charge is 0.317 e. The molecule has 3 rings (SSSR count). The topological polar surface area (TPSA) is 28.2 Å². The predicted octanol–water partition coefficient (Wildman–Crippen LogP) is 3.86. The van der Waals surface area contributed by atoms with Crippen molar-refractivity contribution in [1.29, 1.82) is 0 Å². The Balaban J connectivity index is 1.78. The first kappa shape index (κ1) is 14.5. The lowest BCUT2D eigenvalue weighted by atomic mass is 10.1. The Morgan fingerprint density at radius 1 is 1.38 bits per heavy atom. The van der Waals surface area contributed by atoms with Crippen molar-refractivity contribution < 1.29 is 4.39 Å². The molecule has 0 amide bonds. The van der Waals surface area contributed by atoms with Gasteiger partial charge in [0.1, 0.15) is 5.82 Å². The number of hydrogen-bond acceptors (Lipinski definition) is 4. The highest BCUT2D eigenvalue weighted by Gasteiger charge is 2.23. The van der Waals surface area contributed by atoms with Crippen LogP contribution in [0.1, 0.15) is 31.2 Å². The van der Waals surface area contributed by atoms with E-state index in [0.717, 1.165) is 30.3 Å². The van der Waals surface area contributed by atoms with Gasteiger partial charge in [-0.25, -0.2) is 9.37 Å². The highest BCUT2D eigenvalue weighted by atomic mass is 32.1. The third-order valence-electron chi connectivity index (χ3n) is 3.51. The molecule has 0 saturated heterocycles. The highest BCUT2D eigenvalue weighted by molar-refractivity contribution is 7.15. The minimum Gasteiger partial charge on any atom is -0.317 e. The molecule has 2 heterocycles. The van der Waals surface area contributed by atoms with Gasteiger partial charge in [-0.2, -0.15) is 0 Å². The molecule has 0 unspecified atom stereocenters. The van der Waals surface area contributed by atoms with Crippen molar-refractivity contribution in [3.63, 3.8) is 0 Å². The summed E-state index contributed by atoms with van der Waals surface area (Å²) in [5.41, 5.74) is 2.24. The molecule has 112 valence electrons. The Morgan fingerprint density at radius 3 is 2.95 bits per heavy atom. The number of fused-ring (bicyclic) bond motifs is 1. The van der Waals surface area contributed by atoms with Crippen LogP contribution in [0.15, 0.2) is 24.4 Å². The van der Waals surface area contributed by atoms with Crippen LogP contribution in [-0.2, 0) is 13.0 Å². The van der Waals surface area contributed by atoms with Crippen molar-refractivity contribution in [3.8, 4) is 0 Å². The third-order valence-corrected chi connectivity index (χ3v) is 4.53. The van der Waals surface area contributed by atoms with Crippen molar-refractivity contribution >= 4 is 22.2 Å². The molecule has 1 aromatic carbocycles. The van der Waals surface area contributed by atoms with Crippen LogP contribution in [0.2, 0.25) is 0 Å². The van der Waals surface area contributed by atoms with Crippen LogP contribution < -0.4 is 10.2 Å². The Hall–Kier alpha value is -1.46. The van der Waals surface area contributed by atoms with E-state index in [4.69, 9.17) is 0 Å². The molecule has 3 nitrogen and oxygen atoms in total. The van der Waals surface area contributed by atoms with E-state index < -0.39 is 0 Å². The summed E-state index contributed by atoms with van der Waals surface area (Å²) >= 11 is 1.67. The van der Waals surface area contributed by atoms with Crippen molar-refractivity contribution in [1.82, 2.24) is 10.3 Å². The fourth-order valence-corrected chi connectivity index (χ4v) is 3.30. The lowest BCUT2D eigenvalue weighted by Crippen LogP contribution is -2.34. The van der Waals surface area contributed by atoms with Crippen LogP contribution in [0.3, 0.4) is 0 Å². The summed E-state index contributed by atoms with van der Waals surface area (Å²) < 4.78 is 13.5. The van der Waals surface area contributed by atoms with Gasteiger partial charge in [-0.15, -0.1) is 11.3 Å². The van der Waals surface area contributed by atoms with Crippen molar-refractivity contribution in [2.75, 3.05) is 11.4 Å². The second-order valence-corrected chi connectivity index (χ2v) is 7.48. The average molecular weight is 305 g/mol. The molecule has 1 aromatic heterocycles. The minimum atomic E-state index is -0.188. The van der Waals surface area contributed by atoms with Crippen LogP contribution in [0.25, 0.3) is 0 Å². The number of thiazole rings is 1. The molecule has 5 heteroatoms. The van der Waals surface area contributed by atoms with Crippen molar-refractivity contribution in [2.24, 2.45) is 0 Å². The maximum Gasteiger partial charge on any atom is 0.190 e. The zero-order valence-electron chi connectivity index (χ0n) is 12.6. The molecule has 1 aliphatic heterocycles. The van der Waals surface area contributed by atoms with Crippen LogP contribution in [0.4, 0.5) is 15.2 Å². The quantitative estimate of drug-likeness (QED) is 0.933. The Bertz CT molecular complexity index is 645. The van der Waals surface area contributed by atoms with Gasteiger partial charge in [0.05, 0.1) is 0 Å². The van der Waals surface area contributed by atoms with Crippen LogP contribution in [0, 0.1) is 5.82 Å². The van der Waals surface area contributed by atoms with Crippen LogP contribution in [-0.4, -0.2) is 17.1 Å². The van der Waals surface area contributed by atoms with Gasteiger partial charge >= 0.3 is 0 Å². The number of hydrogen-bond donors (Lipinski definition) is 1. The Morgan fingerprint density at radius 2 is 2.19 bits per heavy atom. The van der Waals surface area contributed by atoms with Gasteiger partial charge in [0.25, 0.3) is 0 Å². The third kappa shape index (κ3) is 3.24. The lowest BCUT2D eigenvalue weighted by molar-refractivity contribution is 0.426.